The molecule has 0 radical (unpaired) electrons. The predicted octanol–water partition coefficient (Wildman–Crippen LogP) is -1.50. The number of aliphatic hydroxyl groups excluding tert-OH is 2. The predicted molar refractivity (Wildman–Crippen MR) is 88.1 cm³/mol. The Morgan fingerprint density at radius 3 is 2.60 bits per heavy atom. The topological polar surface area (TPSA) is 129 Å². The number of ether oxygens (including phenoxy) is 1. The van der Waals surface area contributed by atoms with E-state index in [0.717, 1.165) is 4.57 Å². The Bertz CT molecular complexity index is 880. The van der Waals surface area contributed by atoms with Crippen molar-refractivity contribution in [2.45, 2.75) is 38.0 Å². The van der Waals surface area contributed by atoms with E-state index in [9.17, 15) is 24.6 Å². The van der Waals surface area contributed by atoms with Crippen molar-refractivity contribution in [3.05, 3.63) is 27.2 Å². The zero-order valence-corrected chi connectivity index (χ0v) is 14.4. The van der Waals surface area contributed by atoms with Crippen LogP contribution in [-0.2, 0) is 30.2 Å². The Morgan fingerprint density at radius 1 is 1.28 bits per heavy atom. The number of carbonyl (C=O) groups excluding carboxylic acids is 1. The standard InChI is InChI=1S/C15H22N4O6/c1-17-8-16-13-12(17)14(23)19(15(24)18(13)2)5-4-9(20)6-10(21)7-11(22)25-3/h8-10,20-21H,4-7H2,1-3H3/t9-,10-/m1/s1. The maximum Gasteiger partial charge on any atom is 0.332 e. The number of carbonyl (C=O) groups is 1. The highest BCUT2D eigenvalue weighted by Gasteiger charge is 2.18. The molecule has 0 fully saturated rings. The van der Waals surface area contributed by atoms with Gasteiger partial charge in [-0.15, -0.1) is 0 Å². The molecule has 2 aromatic rings. The van der Waals surface area contributed by atoms with Gasteiger partial charge in [-0.2, -0.15) is 0 Å². The number of methoxy groups -OCH3 is 1. The number of nitrogens with zero attached hydrogens (tertiary/aromatic N) is 4. The summed E-state index contributed by atoms with van der Waals surface area (Å²) in [6.07, 6.45) is -0.779. The van der Waals surface area contributed by atoms with Gasteiger partial charge >= 0.3 is 11.7 Å². The lowest BCUT2D eigenvalue weighted by Gasteiger charge is -2.15. The second-order valence-electron chi connectivity index (χ2n) is 5.94. The lowest BCUT2D eigenvalue weighted by atomic mass is 10.1. The van der Waals surface area contributed by atoms with Crippen LogP contribution in [0.3, 0.4) is 0 Å². The lowest BCUT2D eigenvalue weighted by Crippen LogP contribution is -2.40. The first-order valence-electron chi connectivity index (χ1n) is 7.80. The molecule has 0 aliphatic carbocycles. The average molecular weight is 354 g/mol. The van der Waals surface area contributed by atoms with E-state index in [1.165, 1.54) is 29.6 Å². The number of fused-ring (bicyclic) bond motifs is 1. The van der Waals surface area contributed by atoms with Crippen LogP contribution in [0.4, 0.5) is 0 Å². The maximum absolute atomic E-state index is 12.5. The number of aliphatic hydroxyl groups is 2. The molecule has 0 bridgehead atoms. The van der Waals surface area contributed by atoms with Crippen LogP contribution in [0.25, 0.3) is 11.2 Å². The van der Waals surface area contributed by atoms with Crippen LogP contribution >= 0.6 is 0 Å². The first-order valence-corrected chi connectivity index (χ1v) is 7.80. The highest BCUT2D eigenvalue weighted by molar-refractivity contribution is 5.70. The smallest absolute Gasteiger partial charge is 0.332 e. The maximum atomic E-state index is 12.5. The Balaban J connectivity index is 2.13. The molecule has 2 atom stereocenters. The molecular formula is C15H22N4O6. The molecule has 0 aromatic carbocycles. The molecule has 2 aromatic heterocycles. The van der Waals surface area contributed by atoms with Crippen molar-refractivity contribution in [2.24, 2.45) is 14.1 Å². The van der Waals surface area contributed by atoms with E-state index in [0.29, 0.717) is 11.2 Å². The molecule has 10 nitrogen and oxygen atoms in total. The number of hydrogen-bond acceptors (Lipinski definition) is 7. The molecule has 0 amide bonds. The van der Waals surface area contributed by atoms with Crippen LogP contribution in [0, 0.1) is 0 Å². The summed E-state index contributed by atoms with van der Waals surface area (Å²) < 4.78 is 8.28. The molecule has 2 heterocycles. The fraction of sp³-hybridized carbons (Fsp3) is 0.600. The molecule has 0 saturated heterocycles. The fourth-order valence-electron chi connectivity index (χ4n) is 2.66. The van der Waals surface area contributed by atoms with Gasteiger partial charge in [0, 0.05) is 20.6 Å². The molecular weight excluding hydrogens is 332 g/mol. The average Bonchev–Trinajstić information content (AvgIpc) is 2.94. The van der Waals surface area contributed by atoms with Crippen molar-refractivity contribution in [1.82, 2.24) is 18.7 Å². The Kier molecular flexibility index (Phi) is 5.75. The number of esters is 1. The fourth-order valence-corrected chi connectivity index (χ4v) is 2.66. The number of imidazole rings is 1. The van der Waals surface area contributed by atoms with Crippen LogP contribution in [0.15, 0.2) is 15.9 Å². The number of aryl methyl sites for hydroxylation is 2. The lowest BCUT2D eigenvalue weighted by molar-refractivity contribution is -0.143. The van der Waals surface area contributed by atoms with Crippen molar-refractivity contribution >= 4 is 17.1 Å². The van der Waals surface area contributed by atoms with E-state index in [1.807, 2.05) is 0 Å². The minimum Gasteiger partial charge on any atom is -0.469 e. The van der Waals surface area contributed by atoms with Gasteiger partial charge in [-0.05, 0) is 12.8 Å². The van der Waals surface area contributed by atoms with E-state index in [-0.39, 0.29) is 25.8 Å². The van der Waals surface area contributed by atoms with Gasteiger partial charge in [-0.1, -0.05) is 0 Å². The summed E-state index contributed by atoms with van der Waals surface area (Å²) in [4.78, 5) is 39.9. The van der Waals surface area contributed by atoms with Crippen LogP contribution in [0.1, 0.15) is 19.3 Å². The van der Waals surface area contributed by atoms with Crippen LogP contribution in [0.2, 0.25) is 0 Å². The van der Waals surface area contributed by atoms with Crippen molar-refractivity contribution in [1.29, 1.82) is 0 Å². The molecule has 2 rings (SSSR count). The number of aromatic nitrogens is 4. The van der Waals surface area contributed by atoms with Crippen LogP contribution in [-0.4, -0.2) is 54.2 Å². The van der Waals surface area contributed by atoms with Gasteiger partial charge in [0.2, 0.25) is 0 Å². The Morgan fingerprint density at radius 2 is 1.96 bits per heavy atom. The van der Waals surface area contributed by atoms with Gasteiger partial charge in [-0.25, -0.2) is 9.78 Å². The largest absolute Gasteiger partial charge is 0.469 e. The third kappa shape index (κ3) is 3.97. The zero-order chi connectivity index (χ0) is 18.7. The molecule has 0 aliphatic heterocycles. The highest BCUT2D eigenvalue weighted by Crippen LogP contribution is 2.08. The highest BCUT2D eigenvalue weighted by atomic mass is 16.5. The molecule has 0 spiro atoms. The van der Waals surface area contributed by atoms with Gasteiger partial charge in [0.1, 0.15) is 0 Å². The molecule has 0 aliphatic rings. The molecule has 138 valence electrons. The number of rotatable bonds is 7. The Labute approximate surface area is 142 Å². The van der Waals surface area contributed by atoms with Crippen molar-refractivity contribution in [2.75, 3.05) is 7.11 Å². The van der Waals surface area contributed by atoms with Crippen molar-refractivity contribution in [3.63, 3.8) is 0 Å². The molecule has 10 heteroatoms. The quantitative estimate of drug-likeness (QED) is 0.579. The molecule has 0 unspecified atom stereocenters. The van der Waals surface area contributed by atoms with Gasteiger partial charge in [0.05, 0.1) is 32.1 Å². The minimum absolute atomic E-state index is 0.0151. The van der Waals surface area contributed by atoms with Gasteiger partial charge in [-0.3, -0.25) is 18.7 Å². The second kappa shape index (κ2) is 7.62. The van der Waals surface area contributed by atoms with E-state index in [4.69, 9.17) is 0 Å². The first-order chi connectivity index (χ1) is 11.8. The summed E-state index contributed by atoms with van der Waals surface area (Å²) in [6.45, 7) is -0.0151. The first kappa shape index (κ1) is 18.9. The monoisotopic (exact) mass is 354 g/mol. The Hall–Kier alpha value is -2.46. The minimum atomic E-state index is -1.05. The second-order valence-corrected chi connectivity index (χ2v) is 5.94. The van der Waals surface area contributed by atoms with Crippen molar-refractivity contribution in [3.8, 4) is 0 Å². The van der Waals surface area contributed by atoms with Crippen LogP contribution in [0.5, 0.6) is 0 Å². The number of hydrogen-bond donors (Lipinski definition) is 2. The summed E-state index contributed by atoms with van der Waals surface area (Å²) in [7, 11) is 4.38. The molecule has 25 heavy (non-hydrogen) atoms. The van der Waals surface area contributed by atoms with E-state index >= 15 is 0 Å². The third-order valence-electron chi connectivity index (χ3n) is 4.06. The summed E-state index contributed by atoms with van der Waals surface area (Å²) in [5.41, 5.74) is -0.427. The van der Waals surface area contributed by atoms with Gasteiger partial charge in [0.15, 0.2) is 11.2 Å². The van der Waals surface area contributed by atoms with E-state index in [1.54, 1.807) is 7.05 Å². The summed E-state index contributed by atoms with van der Waals surface area (Å²) in [5, 5.41) is 19.7. The summed E-state index contributed by atoms with van der Waals surface area (Å²) >= 11 is 0. The summed E-state index contributed by atoms with van der Waals surface area (Å²) in [6, 6.07) is 0. The van der Waals surface area contributed by atoms with E-state index in [2.05, 4.69) is 9.72 Å². The van der Waals surface area contributed by atoms with Gasteiger partial charge in [0.25, 0.3) is 5.56 Å². The SMILES string of the molecule is COC(=O)C[C@H](O)C[C@H](O)CCn1c(=O)c2c(ncn2C)n(C)c1=O. The van der Waals surface area contributed by atoms with Crippen LogP contribution < -0.4 is 11.2 Å². The van der Waals surface area contributed by atoms with Crippen molar-refractivity contribution < 1.29 is 19.7 Å². The van der Waals surface area contributed by atoms with E-state index < -0.39 is 29.4 Å². The van der Waals surface area contributed by atoms with Gasteiger partial charge < -0.3 is 19.5 Å². The molecule has 0 saturated carbocycles. The third-order valence-corrected chi connectivity index (χ3v) is 4.06. The zero-order valence-electron chi connectivity index (χ0n) is 14.4. The normalized spacial score (nSPS) is 13.8. The molecule has 2 N–H and O–H groups in total. The summed E-state index contributed by atoms with van der Waals surface area (Å²) in [5.74, 6) is -0.577.